The topological polar surface area (TPSA) is 24.1 Å². The van der Waals surface area contributed by atoms with Crippen molar-refractivity contribution in [3.63, 3.8) is 0 Å². The normalized spacial score (nSPS) is 39.4. The molecular weight excluding hydrogens is 172 g/mol. The average molecular weight is 194 g/mol. The van der Waals surface area contributed by atoms with Crippen LogP contribution in [-0.4, -0.2) is 25.2 Å². The molecule has 0 aromatic rings. The maximum atomic E-state index is 3.77. The fraction of sp³-hybridized carbons (Fsp3) is 1.00. The van der Waals surface area contributed by atoms with Gasteiger partial charge in [0, 0.05) is 18.6 Å². The van der Waals surface area contributed by atoms with Crippen molar-refractivity contribution in [3.8, 4) is 0 Å². The standard InChI is InChI=1S/C12H22N2/c1-2-6-12(5-1)8-11(12)14-9-10-4-3-7-13-10/h10-11,13-14H,1-9H2. The van der Waals surface area contributed by atoms with Crippen molar-refractivity contribution < 1.29 is 0 Å². The first-order chi connectivity index (χ1) is 6.89. The molecule has 2 atom stereocenters. The van der Waals surface area contributed by atoms with Crippen molar-refractivity contribution in [1.29, 1.82) is 0 Å². The predicted octanol–water partition coefficient (Wildman–Crippen LogP) is 1.66. The summed E-state index contributed by atoms with van der Waals surface area (Å²) in [6, 6.07) is 1.65. The minimum Gasteiger partial charge on any atom is -0.313 e. The molecule has 2 unspecified atom stereocenters. The highest BCUT2D eigenvalue weighted by Gasteiger charge is 2.54. The van der Waals surface area contributed by atoms with Gasteiger partial charge in [0.15, 0.2) is 0 Å². The molecule has 1 aliphatic heterocycles. The van der Waals surface area contributed by atoms with Gasteiger partial charge < -0.3 is 10.6 Å². The van der Waals surface area contributed by atoms with Crippen LogP contribution in [0.25, 0.3) is 0 Å². The SMILES string of the molecule is C1CNC(CNC2CC23CCCC3)C1. The lowest BCUT2D eigenvalue weighted by molar-refractivity contribution is 0.446. The van der Waals surface area contributed by atoms with E-state index in [1.54, 1.807) is 0 Å². The van der Waals surface area contributed by atoms with Gasteiger partial charge in [-0.3, -0.25) is 0 Å². The van der Waals surface area contributed by atoms with E-state index in [1.807, 2.05) is 0 Å². The highest BCUT2D eigenvalue weighted by Crippen LogP contribution is 2.57. The Morgan fingerprint density at radius 1 is 1.21 bits per heavy atom. The zero-order valence-electron chi connectivity index (χ0n) is 9.02. The number of hydrogen-bond donors (Lipinski definition) is 2. The third kappa shape index (κ3) is 1.59. The first-order valence-electron chi connectivity index (χ1n) is 6.36. The number of nitrogens with one attached hydrogen (secondary N) is 2. The molecule has 0 radical (unpaired) electrons. The molecule has 2 heteroatoms. The Balaban J connectivity index is 1.42. The Bertz CT molecular complexity index is 202. The quantitative estimate of drug-likeness (QED) is 0.714. The molecule has 0 bridgehead atoms. The summed E-state index contributed by atoms with van der Waals surface area (Å²) >= 11 is 0. The lowest BCUT2D eigenvalue weighted by Crippen LogP contribution is -2.36. The fourth-order valence-corrected chi connectivity index (χ4v) is 3.48. The number of hydrogen-bond acceptors (Lipinski definition) is 2. The summed E-state index contributed by atoms with van der Waals surface area (Å²) in [6.07, 6.45) is 10.2. The van der Waals surface area contributed by atoms with Crippen LogP contribution >= 0.6 is 0 Å². The van der Waals surface area contributed by atoms with Crippen molar-refractivity contribution in [1.82, 2.24) is 10.6 Å². The lowest BCUT2D eigenvalue weighted by atomic mass is 10.1. The highest BCUT2D eigenvalue weighted by atomic mass is 15.1. The van der Waals surface area contributed by atoms with Crippen LogP contribution in [0.4, 0.5) is 0 Å². The van der Waals surface area contributed by atoms with Gasteiger partial charge in [0.05, 0.1) is 0 Å². The highest BCUT2D eigenvalue weighted by molar-refractivity contribution is 5.10. The Labute approximate surface area is 86.8 Å². The first-order valence-corrected chi connectivity index (χ1v) is 6.36. The molecule has 3 aliphatic rings. The zero-order valence-corrected chi connectivity index (χ0v) is 9.02. The maximum absolute atomic E-state index is 3.77. The van der Waals surface area contributed by atoms with E-state index in [0.29, 0.717) is 0 Å². The molecule has 2 N–H and O–H groups in total. The monoisotopic (exact) mass is 194 g/mol. The van der Waals surface area contributed by atoms with Crippen molar-refractivity contribution in [2.45, 2.75) is 57.0 Å². The van der Waals surface area contributed by atoms with Crippen molar-refractivity contribution in [2.24, 2.45) is 5.41 Å². The van der Waals surface area contributed by atoms with E-state index in [1.165, 1.54) is 58.0 Å². The van der Waals surface area contributed by atoms with E-state index < -0.39 is 0 Å². The van der Waals surface area contributed by atoms with Crippen LogP contribution in [0.15, 0.2) is 0 Å². The molecule has 0 aromatic carbocycles. The van der Waals surface area contributed by atoms with Crippen molar-refractivity contribution in [2.75, 3.05) is 13.1 Å². The second-order valence-corrected chi connectivity index (χ2v) is 5.53. The lowest BCUT2D eigenvalue weighted by Gasteiger charge is -2.13. The van der Waals surface area contributed by atoms with E-state index in [-0.39, 0.29) is 0 Å². The third-order valence-corrected chi connectivity index (χ3v) is 4.56. The van der Waals surface area contributed by atoms with Crippen LogP contribution in [0, 0.1) is 5.41 Å². The largest absolute Gasteiger partial charge is 0.313 e. The van der Waals surface area contributed by atoms with Gasteiger partial charge in [-0.2, -0.15) is 0 Å². The first kappa shape index (κ1) is 9.17. The van der Waals surface area contributed by atoms with Gasteiger partial charge in [-0.1, -0.05) is 12.8 Å². The predicted molar refractivity (Wildman–Crippen MR) is 58.3 cm³/mol. The molecule has 1 saturated heterocycles. The van der Waals surface area contributed by atoms with E-state index in [2.05, 4.69) is 10.6 Å². The summed E-state index contributed by atoms with van der Waals surface area (Å²) in [4.78, 5) is 0. The second-order valence-electron chi connectivity index (χ2n) is 5.53. The molecule has 1 spiro atoms. The van der Waals surface area contributed by atoms with E-state index >= 15 is 0 Å². The second kappa shape index (κ2) is 3.49. The minimum atomic E-state index is 0.772. The molecule has 0 aromatic heterocycles. The maximum Gasteiger partial charge on any atom is 0.0193 e. The molecule has 1 heterocycles. The van der Waals surface area contributed by atoms with Crippen LogP contribution in [0.2, 0.25) is 0 Å². The molecule has 2 aliphatic carbocycles. The van der Waals surface area contributed by atoms with E-state index in [9.17, 15) is 0 Å². The van der Waals surface area contributed by atoms with Crippen LogP contribution in [0.5, 0.6) is 0 Å². The fourth-order valence-electron chi connectivity index (χ4n) is 3.48. The molecular formula is C12H22N2. The molecule has 2 saturated carbocycles. The summed E-state index contributed by atoms with van der Waals surface area (Å²) in [6.45, 7) is 2.45. The van der Waals surface area contributed by atoms with Gasteiger partial charge in [-0.15, -0.1) is 0 Å². The summed E-state index contributed by atoms with van der Waals surface area (Å²) in [7, 11) is 0. The van der Waals surface area contributed by atoms with Crippen molar-refractivity contribution in [3.05, 3.63) is 0 Å². The van der Waals surface area contributed by atoms with Gasteiger partial charge in [-0.25, -0.2) is 0 Å². The van der Waals surface area contributed by atoms with Gasteiger partial charge in [0.2, 0.25) is 0 Å². The Morgan fingerprint density at radius 3 is 2.79 bits per heavy atom. The van der Waals surface area contributed by atoms with Gasteiger partial charge >= 0.3 is 0 Å². The third-order valence-electron chi connectivity index (χ3n) is 4.56. The van der Waals surface area contributed by atoms with Crippen LogP contribution in [-0.2, 0) is 0 Å². The summed E-state index contributed by atoms with van der Waals surface area (Å²) in [5.74, 6) is 0. The van der Waals surface area contributed by atoms with Gasteiger partial charge in [0.25, 0.3) is 0 Å². The molecule has 2 nitrogen and oxygen atoms in total. The molecule has 3 fully saturated rings. The Kier molecular flexibility index (Phi) is 2.29. The van der Waals surface area contributed by atoms with E-state index in [0.717, 1.165) is 17.5 Å². The molecule has 3 rings (SSSR count). The Morgan fingerprint density at radius 2 is 2.07 bits per heavy atom. The van der Waals surface area contributed by atoms with Gasteiger partial charge in [-0.05, 0) is 44.1 Å². The molecule has 0 amide bonds. The molecule has 14 heavy (non-hydrogen) atoms. The summed E-state index contributed by atoms with van der Waals surface area (Å²) < 4.78 is 0. The molecule has 80 valence electrons. The van der Waals surface area contributed by atoms with Crippen LogP contribution in [0.1, 0.15) is 44.9 Å². The van der Waals surface area contributed by atoms with Crippen LogP contribution < -0.4 is 10.6 Å². The zero-order chi connectivity index (χ0) is 9.43. The van der Waals surface area contributed by atoms with E-state index in [4.69, 9.17) is 0 Å². The average Bonchev–Trinajstić information content (AvgIpc) is 2.63. The van der Waals surface area contributed by atoms with Gasteiger partial charge in [0.1, 0.15) is 0 Å². The van der Waals surface area contributed by atoms with Crippen LogP contribution in [0.3, 0.4) is 0 Å². The summed E-state index contributed by atoms with van der Waals surface area (Å²) in [5, 5.41) is 7.33. The van der Waals surface area contributed by atoms with Crippen molar-refractivity contribution >= 4 is 0 Å². The Hall–Kier alpha value is -0.0800. The minimum absolute atomic E-state index is 0.772. The number of rotatable bonds is 3. The smallest absolute Gasteiger partial charge is 0.0193 e. The summed E-state index contributed by atoms with van der Waals surface area (Å²) in [5.41, 5.74) is 0.776.